The number of hydrogen-bond donors (Lipinski definition) is 2. The minimum Gasteiger partial charge on any atom is -0.423 e. The maximum Gasteiger partial charge on any atom is 0.489 e. The Balaban J connectivity index is 3.20. The number of alkyl halides is 3. The van der Waals surface area contributed by atoms with Crippen molar-refractivity contribution in [3.05, 3.63) is 24.0 Å². The summed E-state index contributed by atoms with van der Waals surface area (Å²) in [5.41, 5.74) is -1.73. The van der Waals surface area contributed by atoms with Gasteiger partial charge in [0.1, 0.15) is 0 Å². The van der Waals surface area contributed by atoms with E-state index in [9.17, 15) is 13.2 Å². The number of pyridine rings is 1. The van der Waals surface area contributed by atoms with Crippen LogP contribution in [0, 0.1) is 0 Å². The largest absolute Gasteiger partial charge is 0.489 e. The standard InChI is InChI=1S/C6H5BF3NO2/c8-6(9,10)4-3-11-2-1-5(4)7(12)13/h1-3,12-13H. The second-order valence-electron chi connectivity index (χ2n) is 2.33. The van der Waals surface area contributed by atoms with Gasteiger partial charge < -0.3 is 10.0 Å². The number of nitrogens with zero attached hydrogens (tertiary/aromatic N) is 1. The number of rotatable bonds is 1. The van der Waals surface area contributed by atoms with E-state index in [1.54, 1.807) is 0 Å². The molecule has 1 rings (SSSR count). The monoisotopic (exact) mass is 191 g/mol. The van der Waals surface area contributed by atoms with Crippen LogP contribution in [0.1, 0.15) is 5.56 Å². The molecule has 13 heavy (non-hydrogen) atoms. The van der Waals surface area contributed by atoms with Crippen LogP contribution >= 0.6 is 0 Å². The van der Waals surface area contributed by atoms with Gasteiger partial charge in [0.05, 0.1) is 5.56 Å². The molecular weight excluding hydrogens is 186 g/mol. The van der Waals surface area contributed by atoms with Crippen LogP contribution < -0.4 is 5.46 Å². The average molecular weight is 191 g/mol. The molecule has 2 N–H and O–H groups in total. The zero-order chi connectivity index (χ0) is 10.1. The Kier molecular flexibility index (Phi) is 2.58. The van der Waals surface area contributed by atoms with E-state index >= 15 is 0 Å². The molecule has 0 spiro atoms. The average Bonchev–Trinajstić information content (AvgIpc) is 2.03. The van der Waals surface area contributed by atoms with Crippen LogP contribution in [0.5, 0.6) is 0 Å². The van der Waals surface area contributed by atoms with Crippen LogP contribution in [0.25, 0.3) is 0 Å². The minimum absolute atomic E-state index is 0.550. The zero-order valence-corrected chi connectivity index (χ0v) is 6.28. The third-order valence-electron chi connectivity index (χ3n) is 1.44. The smallest absolute Gasteiger partial charge is 0.423 e. The third kappa shape index (κ3) is 2.19. The lowest BCUT2D eigenvalue weighted by Gasteiger charge is -2.10. The molecule has 0 bridgehead atoms. The zero-order valence-electron chi connectivity index (χ0n) is 6.28. The van der Waals surface area contributed by atoms with Gasteiger partial charge in [0, 0.05) is 12.4 Å². The molecule has 0 saturated carbocycles. The first-order chi connectivity index (χ1) is 5.93. The van der Waals surface area contributed by atoms with Gasteiger partial charge in [0.2, 0.25) is 0 Å². The van der Waals surface area contributed by atoms with Gasteiger partial charge in [-0.15, -0.1) is 0 Å². The molecule has 70 valence electrons. The summed E-state index contributed by atoms with van der Waals surface area (Å²) < 4.78 is 36.4. The first-order valence-corrected chi connectivity index (χ1v) is 3.30. The summed E-state index contributed by atoms with van der Waals surface area (Å²) in [5, 5.41) is 17.2. The first kappa shape index (κ1) is 10.0. The highest BCUT2D eigenvalue weighted by Gasteiger charge is 2.36. The van der Waals surface area contributed by atoms with E-state index in [1.807, 2.05) is 0 Å². The van der Waals surface area contributed by atoms with Crippen LogP contribution in [-0.4, -0.2) is 22.2 Å². The van der Waals surface area contributed by atoms with E-state index < -0.39 is 24.3 Å². The lowest BCUT2D eigenvalue weighted by Crippen LogP contribution is -2.36. The van der Waals surface area contributed by atoms with Crippen LogP contribution in [0.3, 0.4) is 0 Å². The molecule has 0 aliphatic rings. The van der Waals surface area contributed by atoms with Crippen LogP contribution in [0.2, 0.25) is 0 Å². The highest BCUT2D eigenvalue weighted by atomic mass is 19.4. The van der Waals surface area contributed by atoms with Gasteiger partial charge in [-0.2, -0.15) is 13.2 Å². The normalized spacial score (nSPS) is 11.5. The lowest BCUT2D eigenvalue weighted by molar-refractivity contribution is -0.137. The maximum atomic E-state index is 12.1. The first-order valence-electron chi connectivity index (χ1n) is 3.30. The molecule has 0 unspecified atom stereocenters. The van der Waals surface area contributed by atoms with Crippen LogP contribution in [0.4, 0.5) is 13.2 Å². The summed E-state index contributed by atoms with van der Waals surface area (Å²) in [6.07, 6.45) is -3.01. The number of hydrogen-bond acceptors (Lipinski definition) is 3. The molecule has 0 aromatic carbocycles. The van der Waals surface area contributed by atoms with Gasteiger partial charge in [-0.05, 0) is 11.5 Å². The second kappa shape index (κ2) is 3.35. The van der Waals surface area contributed by atoms with Crippen molar-refractivity contribution in [3.8, 4) is 0 Å². The molecule has 0 amide bonds. The van der Waals surface area contributed by atoms with Crippen molar-refractivity contribution < 1.29 is 23.2 Å². The van der Waals surface area contributed by atoms with Gasteiger partial charge in [-0.1, -0.05) is 0 Å². The Morgan fingerprint density at radius 2 is 1.92 bits per heavy atom. The van der Waals surface area contributed by atoms with Crippen molar-refractivity contribution >= 4 is 12.6 Å². The van der Waals surface area contributed by atoms with Crippen molar-refractivity contribution in [2.45, 2.75) is 6.18 Å². The molecule has 0 fully saturated rings. The molecular formula is C6H5BF3NO2. The SMILES string of the molecule is OB(O)c1ccncc1C(F)(F)F. The predicted molar refractivity (Wildman–Crippen MR) is 39.1 cm³/mol. The maximum absolute atomic E-state index is 12.1. The fourth-order valence-electron chi connectivity index (χ4n) is 0.867. The second-order valence-corrected chi connectivity index (χ2v) is 2.33. The molecule has 3 nitrogen and oxygen atoms in total. The van der Waals surface area contributed by atoms with E-state index in [2.05, 4.69) is 4.98 Å². The quantitative estimate of drug-likeness (QED) is 0.603. The molecule has 0 aliphatic heterocycles. The van der Waals surface area contributed by atoms with Gasteiger partial charge >= 0.3 is 13.3 Å². The fourth-order valence-corrected chi connectivity index (χ4v) is 0.867. The van der Waals surface area contributed by atoms with Crippen molar-refractivity contribution in [1.29, 1.82) is 0 Å². The summed E-state index contributed by atoms with van der Waals surface area (Å²) in [6.45, 7) is 0. The van der Waals surface area contributed by atoms with Gasteiger partial charge in [0.15, 0.2) is 0 Å². The van der Waals surface area contributed by atoms with E-state index in [4.69, 9.17) is 10.0 Å². The third-order valence-corrected chi connectivity index (χ3v) is 1.44. The van der Waals surface area contributed by atoms with E-state index in [0.29, 0.717) is 6.20 Å². The van der Waals surface area contributed by atoms with E-state index in [0.717, 1.165) is 12.3 Å². The Morgan fingerprint density at radius 3 is 2.31 bits per heavy atom. The van der Waals surface area contributed by atoms with Crippen LogP contribution in [-0.2, 0) is 6.18 Å². The minimum atomic E-state index is -4.62. The van der Waals surface area contributed by atoms with Gasteiger partial charge in [-0.25, -0.2) is 0 Å². The molecule has 1 heterocycles. The van der Waals surface area contributed by atoms with Crippen molar-refractivity contribution in [2.24, 2.45) is 0 Å². The van der Waals surface area contributed by atoms with Crippen molar-refractivity contribution in [3.63, 3.8) is 0 Å². The van der Waals surface area contributed by atoms with Gasteiger partial charge in [0.25, 0.3) is 0 Å². The predicted octanol–water partition coefficient (Wildman–Crippen LogP) is -0.220. The fraction of sp³-hybridized carbons (Fsp3) is 0.167. The summed E-state index contributed by atoms with van der Waals surface area (Å²) in [7, 11) is -2.14. The Labute approximate surface area is 72.0 Å². The van der Waals surface area contributed by atoms with E-state index in [-0.39, 0.29) is 0 Å². The van der Waals surface area contributed by atoms with E-state index in [1.165, 1.54) is 0 Å². The topological polar surface area (TPSA) is 53.4 Å². The summed E-state index contributed by atoms with van der Waals surface area (Å²) in [6, 6.07) is 0.910. The molecule has 0 saturated heterocycles. The van der Waals surface area contributed by atoms with Crippen molar-refractivity contribution in [1.82, 2.24) is 4.98 Å². The molecule has 1 aromatic heterocycles. The van der Waals surface area contributed by atoms with Gasteiger partial charge in [-0.3, -0.25) is 4.98 Å². The Hall–Kier alpha value is -1.08. The summed E-state index contributed by atoms with van der Waals surface area (Å²) in [4.78, 5) is 3.25. The summed E-state index contributed by atoms with van der Waals surface area (Å²) in [5.74, 6) is 0. The van der Waals surface area contributed by atoms with Crippen LogP contribution in [0.15, 0.2) is 18.5 Å². The Morgan fingerprint density at radius 1 is 1.31 bits per heavy atom. The Bertz CT molecular complexity index is 302. The number of halogens is 3. The highest BCUT2D eigenvalue weighted by Crippen LogP contribution is 2.27. The lowest BCUT2D eigenvalue weighted by atomic mass is 9.78. The van der Waals surface area contributed by atoms with Crippen molar-refractivity contribution in [2.75, 3.05) is 0 Å². The molecule has 0 aliphatic carbocycles. The molecule has 0 atom stereocenters. The summed E-state index contributed by atoms with van der Waals surface area (Å²) >= 11 is 0. The molecule has 7 heteroatoms. The molecule has 0 radical (unpaired) electrons. The highest BCUT2D eigenvalue weighted by molar-refractivity contribution is 6.59. The molecule has 1 aromatic rings. The number of aromatic nitrogens is 1.